The average Bonchev–Trinajstić information content (AvgIpc) is 2.64. The van der Waals surface area contributed by atoms with Gasteiger partial charge < -0.3 is 20.3 Å². The number of phenolic OH excluding ortho intramolecular Hbond substituents is 1. The van der Waals surface area contributed by atoms with Gasteiger partial charge in [-0.15, -0.1) is 0 Å². The molecule has 0 aliphatic carbocycles. The second-order valence-corrected chi connectivity index (χ2v) is 6.79. The molecule has 28 heavy (non-hydrogen) atoms. The van der Waals surface area contributed by atoms with Crippen molar-refractivity contribution in [2.75, 3.05) is 7.11 Å². The number of ether oxygens (including phenoxy) is 1. The van der Waals surface area contributed by atoms with Gasteiger partial charge in [0.2, 0.25) is 5.91 Å². The van der Waals surface area contributed by atoms with Crippen LogP contribution in [-0.2, 0) is 16.1 Å². The number of aromatic hydroxyl groups is 1. The topological polar surface area (TPSA) is 95.9 Å². The molecule has 0 saturated heterocycles. The van der Waals surface area contributed by atoms with Crippen molar-refractivity contribution in [3.8, 4) is 11.5 Å². The molecule has 1 amide bonds. The van der Waals surface area contributed by atoms with Crippen molar-refractivity contribution in [1.29, 1.82) is 0 Å². The fourth-order valence-electron chi connectivity index (χ4n) is 2.04. The van der Waals surface area contributed by atoms with E-state index in [9.17, 15) is 14.7 Å². The molecule has 156 valence electrons. The molecule has 3 N–H and O–H groups in total. The molecule has 0 heterocycles. The summed E-state index contributed by atoms with van der Waals surface area (Å²) in [6.45, 7) is 9.36. The van der Waals surface area contributed by atoms with Crippen LogP contribution in [0.3, 0.4) is 0 Å². The number of carboxylic acids is 1. The minimum atomic E-state index is -0.935. The number of allylic oxidation sites excluding steroid dienone is 2. The molecular formula is C22H33NO5. The minimum absolute atomic E-state index is 0.0554. The maximum atomic E-state index is 11.8. The van der Waals surface area contributed by atoms with Crippen LogP contribution < -0.4 is 10.1 Å². The van der Waals surface area contributed by atoms with E-state index in [0.717, 1.165) is 24.8 Å². The molecule has 0 spiro atoms. The Bertz CT molecular complexity index is 653. The molecule has 0 bridgehead atoms. The lowest BCUT2D eigenvalue weighted by Crippen LogP contribution is -2.22. The van der Waals surface area contributed by atoms with Gasteiger partial charge in [0.15, 0.2) is 11.5 Å². The molecule has 0 radical (unpaired) electrons. The third-order valence-corrected chi connectivity index (χ3v) is 3.64. The summed E-state index contributed by atoms with van der Waals surface area (Å²) in [7, 11) is 1.51. The van der Waals surface area contributed by atoms with Crippen LogP contribution in [0.25, 0.3) is 0 Å². The van der Waals surface area contributed by atoms with E-state index in [1.165, 1.54) is 14.0 Å². The second-order valence-electron chi connectivity index (χ2n) is 6.79. The van der Waals surface area contributed by atoms with Crippen LogP contribution >= 0.6 is 0 Å². The Balaban J connectivity index is 0.00000105. The highest BCUT2D eigenvalue weighted by molar-refractivity contribution is 5.84. The molecule has 1 rings (SSSR count). The second kappa shape index (κ2) is 14.3. The molecule has 0 aliphatic rings. The van der Waals surface area contributed by atoms with Gasteiger partial charge in [0.05, 0.1) is 7.11 Å². The van der Waals surface area contributed by atoms with E-state index in [1.807, 2.05) is 0 Å². The first kappa shape index (κ1) is 25.2. The third kappa shape index (κ3) is 12.6. The Morgan fingerprint density at radius 3 is 2.46 bits per heavy atom. The monoisotopic (exact) mass is 391 g/mol. The van der Waals surface area contributed by atoms with Crippen molar-refractivity contribution in [3.63, 3.8) is 0 Å². The van der Waals surface area contributed by atoms with Crippen molar-refractivity contribution in [2.45, 2.75) is 53.0 Å². The van der Waals surface area contributed by atoms with Crippen LogP contribution in [0.5, 0.6) is 11.5 Å². The molecule has 0 saturated carbocycles. The third-order valence-electron chi connectivity index (χ3n) is 3.64. The van der Waals surface area contributed by atoms with E-state index < -0.39 is 5.97 Å². The van der Waals surface area contributed by atoms with Crippen molar-refractivity contribution < 1.29 is 24.5 Å². The lowest BCUT2D eigenvalue weighted by molar-refractivity contribution is -0.132. The van der Waals surface area contributed by atoms with Gasteiger partial charge in [0, 0.05) is 18.5 Å². The predicted octanol–water partition coefficient (Wildman–Crippen LogP) is 4.44. The number of nitrogens with one attached hydrogen (secondary N) is 1. The summed E-state index contributed by atoms with van der Waals surface area (Å²) in [5.74, 6) is 0.233. The molecule has 1 aromatic rings. The summed E-state index contributed by atoms with van der Waals surface area (Å²) in [5.41, 5.74) is 1.08. The number of hydrogen-bond donors (Lipinski definition) is 3. The Kier molecular flexibility index (Phi) is 12.9. The highest BCUT2D eigenvalue weighted by Gasteiger charge is 2.05. The number of unbranched alkanes of at least 4 members (excludes halogenated alkanes) is 2. The molecule has 6 heteroatoms. The summed E-state index contributed by atoms with van der Waals surface area (Å²) in [6.07, 6.45) is 7.88. The van der Waals surface area contributed by atoms with E-state index in [-0.39, 0.29) is 17.2 Å². The molecule has 0 aromatic heterocycles. The number of phenols is 1. The standard InChI is InChI=1S/C18H27NO3.C4H6O2/c1-14(2)8-6-4-5-7-9-18(21)19-13-15-10-11-16(20)17(12-15)22-3;1-3(2)4(5)6/h6,8,10-12,14,20H,4-5,7,9,13H2,1-3H3,(H,19,21);1H2,2H3,(H,5,6). The zero-order chi connectivity index (χ0) is 21.5. The number of benzene rings is 1. The predicted molar refractivity (Wildman–Crippen MR) is 111 cm³/mol. The fraction of sp³-hybridized carbons (Fsp3) is 0.455. The molecular weight excluding hydrogens is 358 g/mol. The largest absolute Gasteiger partial charge is 0.504 e. The maximum Gasteiger partial charge on any atom is 0.330 e. The van der Waals surface area contributed by atoms with Crippen molar-refractivity contribution in [1.82, 2.24) is 5.32 Å². The summed E-state index contributed by atoms with van der Waals surface area (Å²) in [5, 5.41) is 20.3. The summed E-state index contributed by atoms with van der Waals surface area (Å²) in [4.78, 5) is 21.4. The van der Waals surface area contributed by atoms with Gasteiger partial charge >= 0.3 is 5.97 Å². The highest BCUT2D eigenvalue weighted by atomic mass is 16.5. The van der Waals surface area contributed by atoms with Gasteiger partial charge in [-0.1, -0.05) is 38.6 Å². The first-order valence-corrected chi connectivity index (χ1v) is 9.35. The minimum Gasteiger partial charge on any atom is -0.504 e. The van der Waals surface area contributed by atoms with E-state index in [4.69, 9.17) is 9.84 Å². The van der Waals surface area contributed by atoms with Gasteiger partial charge in [-0.25, -0.2) is 4.79 Å². The van der Waals surface area contributed by atoms with Crippen molar-refractivity contribution in [2.24, 2.45) is 5.92 Å². The van der Waals surface area contributed by atoms with Crippen molar-refractivity contribution >= 4 is 11.9 Å². The van der Waals surface area contributed by atoms with Crippen LogP contribution in [0.2, 0.25) is 0 Å². The van der Waals surface area contributed by atoms with Crippen LogP contribution in [0.15, 0.2) is 42.5 Å². The van der Waals surface area contributed by atoms with Crippen LogP contribution in [0, 0.1) is 5.92 Å². The number of amides is 1. The van der Waals surface area contributed by atoms with Gasteiger partial charge in [-0.3, -0.25) is 4.79 Å². The summed E-state index contributed by atoms with van der Waals surface area (Å²) >= 11 is 0. The van der Waals surface area contributed by atoms with E-state index in [0.29, 0.717) is 24.6 Å². The number of carbonyl (C=O) groups is 2. The number of carbonyl (C=O) groups excluding carboxylic acids is 1. The van der Waals surface area contributed by atoms with E-state index in [1.54, 1.807) is 18.2 Å². The van der Waals surface area contributed by atoms with Crippen LogP contribution in [0.1, 0.15) is 52.0 Å². The molecule has 1 aromatic carbocycles. The van der Waals surface area contributed by atoms with E-state index >= 15 is 0 Å². The van der Waals surface area contributed by atoms with Gasteiger partial charge in [0.1, 0.15) is 0 Å². The fourth-order valence-corrected chi connectivity index (χ4v) is 2.04. The van der Waals surface area contributed by atoms with Gasteiger partial charge in [-0.05, 0) is 49.8 Å². The van der Waals surface area contributed by atoms with Gasteiger partial charge in [-0.2, -0.15) is 0 Å². The molecule has 0 atom stereocenters. The quantitative estimate of drug-likeness (QED) is 0.311. The number of hydrogen-bond acceptors (Lipinski definition) is 4. The highest BCUT2D eigenvalue weighted by Crippen LogP contribution is 2.26. The number of rotatable bonds is 10. The summed E-state index contributed by atoms with van der Waals surface area (Å²) in [6, 6.07) is 5.07. The zero-order valence-corrected chi connectivity index (χ0v) is 17.3. The molecule has 0 aliphatic heterocycles. The smallest absolute Gasteiger partial charge is 0.330 e. The zero-order valence-electron chi connectivity index (χ0n) is 17.3. The van der Waals surface area contributed by atoms with Crippen LogP contribution in [-0.4, -0.2) is 29.2 Å². The normalized spacial score (nSPS) is 10.3. The lowest BCUT2D eigenvalue weighted by Gasteiger charge is -2.08. The Morgan fingerprint density at radius 2 is 1.93 bits per heavy atom. The number of carboxylic acid groups (broad SMARTS) is 1. The lowest BCUT2D eigenvalue weighted by atomic mass is 10.1. The number of aliphatic carboxylic acids is 1. The Labute approximate surface area is 167 Å². The van der Waals surface area contributed by atoms with Crippen LogP contribution in [0.4, 0.5) is 0 Å². The summed E-state index contributed by atoms with van der Waals surface area (Å²) < 4.78 is 5.04. The first-order valence-electron chi connectivity index (χ1n) is 9.35. The molecule has 6 nitrogen and oxygen atoms in total. The average molecular weight is 392 g/mol. The molecule has 0 fully saturated rings. The maximum absolute atomic E-state index is 11.8. The Morgan fingerprint density at radius 1 is 1.29 bits per heavy atom. The number of methoxy groups -OCH3 is 1. The molecule has 0 unspecified atom stereocenters. The SMILES string of the molecule is C=C(C)C(=O)O.COc1cc(CNC(=O)CCCCC=CC(C)C)ccc1O. The van der Waals surface area contributed by atoms with Gasteiger partial charge in [0.25, 0.3) is 0 Å². The van der Waals surface area contributed by atoms with E-state index in [2.05, 4.69) is 37.9 Å². The first-order chi connectivity index (χ1) is 13.2. The Hall–Kier alpha value is -2.76. The van der Waals surface area contributed by atoms with Crippen molar-refractivity contribution in [3.05, 3.63) is 48.1 Å².